The summed E-state index contributed by atoms with van der Waals surface area (Å²) in [7, 11) is 0. The lowest BCUT2D eigenvalue weighted by atomic mass is 9.86. The van der Waals surface area contributed by atoms with E-state index >= 15 is 0 Å². The van der Waals surface area contributed by atoms with Crippen LogP contribution in [0.4, 0.5) is 0 Å². The lowest BCUT2D eigenvalue weighted by molar-refractivity contribution is -0.455. The van der Waals surface area contributed by atoms with E-state index in [0.29, 0.717) is 32.5 Å². The number of carbonyl (C=O) groups excluding carboxylic acids is 1. The summed E-state index contributed by atoms with van der Waals surface area (Å²) < 4.78 is 24.7. The van der Waals surface area contributed by atoms with Gasteiger partial charge in [-0.25, -0.2) is 4.79 Å². The molecule has 0 unspecified atom stereocenters. The Kier molecular flexibility index (Phi) is 4.34. The van der Waals surface area contributed by atoms with Crippen molar-refractivity contribution in [1.82, 2.24) is 0 Å². The quantitative estimate of drug-likeness (QED) is 0.769. The Morgan fingerprint density at radius 2 is 1.56 bits per heavy atom. The highest BCUT2D eigenvalue weighted by atomic mass is 16.8. The van der Waals surface area contributed by atoms with E-state index in [4.69, 9.17) is 18.9 Å². The normalized spacial score (nSPS) is 38.7. The van der Waals surface area contributed by atoms with Gasteiger partial charge >= 0.3 is 5.97 Å². The number of esters is 1. The van der Waals surface area contributed by atoms with Gasteiger partial charge in [0, 0.05) is 19.3 Å². The van der Waals surface area contributed by atoms with Gasteiger partial charge in [-0.1, -0.05) is 30.3 Å². The average molecular weight is 346 g/mol. The number of carbonyl (C=O) groups is 1. The van der Waals surface area contributed by atoms with Crippen LogP contribution in [0.1, 0.15) is 51.0 Å². The predicted octanol–water partition coefficient (Wildman–Crippen LogP) is 3.35. The van der Waals surface area contributed by atoms with Crippen molar-refractivity contribution in [3.8, 4) is 0 Å². The van der Waals surface area contributed by atoms with Crippen LogP contribution in [0.2, 0.25) is 0 Å². The zero-order valence-electron chi connectivity index (χ0n) is 14.8. The average Bonchev–Trinajstić information content (AvgIpc) is 2.63. The molecule has 0 saturated carbocycles. The molecule has 3 saturated heterocycles. The topological polar surface area (TPSA) is 54.0 Å². The van der Waals surface area contributed by atoms with Gasteiger partial charge in [0.1, 0.15) is 0 Å². The first-order valence-corrected chi connectivity index (χ1v) is 9.33. The molecule has 3 fully saturated rings. The number of ether oxygens (including phenoxy) is 4. The van der Waals surface area contributed by atoms with Crippen molar-refractivity contribution in [3.63, 3.8) is 0 Å². The van der Waals surface area contributed by atoms with E-state index in [-0.39, 0.29) is 5.97 Å². The van der Waals surface area contributed by atoms with E-state index in [2.05, 4.69) is 0 Å². The number of hydrogen-bond acceptors (Lipinski definition) is 5. The monoisotopic (exact) mass is 346 g/mol. The highest BCUT2D eigenvalue weighted by Gasteiger charge is 2.67. The molecule has 3 heterocycles. The minimum Gasteiger partial charge on any atom is -0.425 e. The predicted molar refractivity (Wildman–Crippen MR) is 90.8 cm³/mol. The van der Waals surface area contributed by atoms with E-state index in [1.807, 2.05) is 30.3 Å². The molecular formula is C20H26O5. The molecule has 136 valence electrons. The molecule has 25 heavy (non-hydrogen) atoms. The lowest BCUT2D eigenvalue weighted by Gasteiger charge is -2.57. The summed E-state index contributed by atoms with van der Waals surface area (Å²) >= 11 is 0. The van der Waals surface area contributed by atoms with Crippen LogP contribution in [-0.4, -0.2) is 36.4 Å². The van der Waals surface area contributed by atoms with Gasteiger partial charge in [0.2, 0.25) is 5.79 Å². The van der Waals surface area contributed by atoms with Crippen LogP contribution in [0.15, 0.2) is 30.3 Å². The second-order valence-electron chi connectivity index (χ2n) is 7.50. The summed E-state index contributed by atoms with van der Waals surface area (Å²) in [4.78, 5) is 12.9. The highest BCUT2D eigenvalue weighted by molar-refractivity contribution is 5.81. The summed E-state index contributed by atoms with van der Waals surface area (Å²) in [6.07, 6.45) is 5.64. The Morgan fingerprint density at radius 1 is 0.920 bits per heavy atom. The molecule has 0 aromatic heterocycles. The summed E-state index contributed by atoms with van der Waals surface area (Å²) in [5.74, 6) is -2.46. The van der Waals surface area contributed by atoms with Crippen LogP contribution in [0, 0.1) is 0 Å². The second kappa shape index (κ2) is 6.38. The van der Waals surface area contributed by atoms with Gasteiger partial charge in [0.15, 0.2) is 5.60 Å². The van der Waals surface area contributed by atoms with Gasteiger partial charge in [0.05, 0.1) is 13.2 Å². The van der Waals surface area contributed by atoms with Crippen molar-refractivity contribution >= 4 is 5.97 Å². The fourth-order valence-corrected chi connectivity index (χ4v) is 4.21. The molecular weight excluding hydrogens is 320 g/mol. The standard InChI is InChI=1S/C20H26O5/c1-18(15-16-9-3-2-4-10-16)17(21)24-19(11-5-7-13-22-19)20(25-18)12-6-8-14-23-20/h2-4,9-10H,5-8,11-15H2,1H3/t18-,19+,20+/m0/s1. The molecule has 1 aromatic carbocycles. The van der Waals surface area contributed by atoms with Gasteiger partial charge in [-0.3, -0.25) is 0 Å². The zero-order valence-corrected chi connectivity index (χ0v) is 14.8. The molecule has 0 aliphatic carbocycles. The Labute approximate surface area is 148 Å². The van der Waals surface area contributed by atoms with Crippen LogP contribution in [0.3, 0.4) is 0 Å². The second-order valence-corrected chi connectivity index (χ2v) is 7.50. The Balaban J connectivity index is 1.67. The van der Waals surface area contributed by atoms with E-state index in [1.54, 1.807) is 6.92 Å². The summed E-state index contributed by atoms with van der Waals surface area (Å²) in [6.45, 7) is 2.97. The Hall–Kier alpha value is -1.43. The van der Waals surface area contributed by atoms with Crippen molar-refractivity contribution in [1.29, 1.82) is 0 Å². The molecule has 0 amide bonds. The van der Waals surface area contributed by atoms with Gasteiger partial charge in [0.25, 0.3) is 5.79 Å². The minimum absolute atomic E-state index is 0.363. The first kappa shape index (κ1) is 17.0. The third-order valence-corrected chi connectivity index (χ3v) is 5.52. The van der Waals surface area contributed by atoms with Crippen molar-refractivity contribution in [2.45, 2.75) is 69.0 Å². The maximum Gasteiger partial charge on any atom is 0.341 e. The highest BCUT2D eigenvalue weighted by Crippen LogP contribution is 2.50. The fourth-order valence-electron chi connectivity index (χ4n) is 4.21. The Bertz CT molecular complexity index is 616. The molecule has 3 atom stereocenters. The SMILES string of the molecule is C[C@@]1(Cc2ccccc2)O[C@]2(CCCCO2)[C@@]2(CCCCO2)OC1=O. The molecule has 5 heteroatoms. The van der Waals surface area contributed by atoms with Crippen molar-refractivity contribution in [2.24, 2.45) is 0 Å². The third-order valence-electron chi connectivity index (χ3n) is 5.52. The van der Waals surface area contributed by atoms with Gasteiger partial charge in [-0.05, 0) is 38.2 Å². The maximum atomic E-state index is 12.9. The Morgan fingerprint density at radius 3 is 2.16 bits per heavy atom. The van der Waals surface area contributed by atoms with Crippen LogP contribution in [0.5, 0.6) is 0 Å². The molecule has 3 aliphatic rings. The van der Waals surface area contributed by atoms with E-state index < -0.39 is 17.2 Å². The van der Waals surface area contributed by atoms with E-state index in [0.717, 1.165) is 31.2 Å². The molecule has 1 aromatic rings. The van der Waals surface area contributed by atoms with Gasteiger partial charge in [-0.2, -0.15) is 0 Å². The van der Waals surface area contributed by atoms with Crippen LogP contribution in [-0.2, 0) is 30.2 Å². The summed E-state index contributed by atoms with van der Waals surface area (Å²) in [5, 5.41) is 0. The largest absolute Gasteiger partial charge is 0.425 e. The van der Waals surface area contributed by atoms with E-state index in [9.17, 15) is 4.79 Å². The number of benzene rings is 1. The third kappa shape index (κ3) is 2.88. The minimum atomic E-state index is -1.10. The molecule has 5 nitrogen and oxygen atoms in total. The fraction of sp³-hybridized carbons (Fsp3) is 0.650. The van der Waals surface area contributed by atoms with Crippen LogP contribution < -0.4 is 0 Å². The lowest BCUT2D eigenvalue weighted by Crippen LogP contribution is -2.72. The molecule has 0 bridgehead atoms. The first-order chi connectivity index (χ1) is 12.1. The zero-order chi connectivity index (χ0) is 17.4. The first-order valence-electron chi connectivity index (χ1n) is 9.33. The van der Waals surface area contributed by atoms with Crippen molar-refractivity contribution in [3.05, 3.63) is 35.9 Å². The molecule has 3 aliphatic heterocycles. The van der Waals surface area contributed by atoms with Crippen molar-refractivity contribution in [2.75, 3.05) is 13.2 Å². The van der Waals surface area contributed by atoms with Crippen LogP contribution >= 0.6 is 0 Å². The van der Waals surface area contributed by atoms with Gasteiger partial charge in [-0.15, -0.1) is 0 Å². The van der Waals surface area contributed by atoms with E-state index in [1.165, 1.54) is 0 Å². The summed E-state index contributed by atoms with van der Waals surface area (Å²) in [6, 6.07) is 9.88. The molecule has 4 rings (SSSR count). The molecule has 0 N–H and O–H groups in total. The van der Waals surface area contributed by atoms with Crippen molar-refractivity contribution < 1.29 is 23.7 Å². The maximum absolute atomic E-state index is 12.9. The number of rotatable bonds is 2. The number of fused-ring (bicyclic) bond motifs is 1. The van der Waals surface area contributed by atoms with Gasteiger partial charge < -0.3 is 18.9 Å². The number of hydrogen-bond donors (Lipinski definition) is 0. The van der Waals surface area contributed by atoms with Crippen LogP contribution in [0.25, 0.3) is 0 Å². The molecule has 2 spiro atoms. The molecule has 0 radical (unpaired) electrons. The smallest absolute Gasteiger partial charge is 0.341 e. The summed E-state index contributed by atoms with van der Waals surface area (Å²) in [5.41, 5.74) is -0.0430.